The van der Waals surface area contributed by atoms with Crippen LogP contribution in [-0.4, -0.2) is 24.7 Å². The summed E-state index contributed by atoms with van der Waals surface area (Å²) in [5.74, 6) is -0.879. The molecule has 2 rings (SSSR count). The summed E-state index contributed by atoms with van der Waals surface area (Å²) in [4.78, 5) is 22.9. The fourth-order valence-electron chi connectivity index (χ4n) is 1.47. The molecule has 0 bridgehead atoms. The number of halogens is 1. The summed E-state index contributed by atoms with van der Waals surface area (Å²) in [7, 11) is 1.25. The number of hydrogen-bond acceptors (Lipinski definition) is 4. The van der Waals surface area contributed by atoms with Crippen LogP contribution in [0.1, 0.15) is 6.42 Å². The average Bonchev–Trinajstić information content (AvgIpc) is 2.70. The summed E-state index contributed by atoms with van der Waals surface area (Å²) in [5.41, 5.74) is 0.624. The quantitative estimate of drug-likeness (QED) is 0.752. The number of esters is 1. The van der Waals surface area contributed by atoms with Crippen LogP contribution in [0.3, 0.4) is 0 Å². The van der Waals surface area contributed by atoms with Crippen LogP contribution in [0.2, 0.25) is 5.02 Å². The monoisotopic (exact) mass is 252 g/mol. The van der Waals surface area contributed by atoms with Gasteiger partial charge in [0.25, 0.3) is 5.91 Å². The van der Waals surface area contributed by atoms with E-state index in [1.54, 1.807) is 24.3 Å². The number of hydrogen-bond donors (Lipinski definition) is 0. The average molecular weight is 253 g/mol. The van der Waals surface area contributed by atoms with Gasteiger partial charge in [-0.25, -0.2) is 4.79 Å². The molecule has 1 heterocycles. The van der Waals surface area contributed by atoms with Gasteiger partial charge in [-0.3, -0.25) is 4.79 Å². The van der Waals surface area contributed by atoms with E-state index in [-0.39, 0.29) is 18.0 Å². The molecule has 1 aliphatic heterocycles. The van der Waals surface area contributed by atoms with E-state index >= 15 is 0 Å². The zero-order valence-electron chi connectivity index (χ0n) is 9.01. The minimum Gasteiger partial charge on any atom is -0.464 e. The molecule has 6 heteroatoms. The Labute approximate surface area is 103 Å². The molecule has 0 atom stereocenters. The number of benzene rings is 1. The maximum Gasteiger partial charge on any atom is 0.354 e. The highest BCUT2D eigenvalue weighted by Gasteiger charge is 2.29. The number of rotatable bonds is 2. The Balaban J connectivity index is 2.31. The lowest BCUT2D eigenvalue weighted by Gasteiger charge is -2.11. The molecule has 1 aromatic rings. The van der Waals surface area contributed by atoms with Gasteiger partial charge in [0.2, 0.25) is 0 Å². The van der Waals surface area contributed by atoms with Crippen molar-refractivity contribution >= 4 is 34.9 Å². The third-order valence-corrected chi connectivity index (χ3v) is 2.48. The summed E-state index contributed by atoms with van der Waals surface area (Å²) in [6.07, 6.45) is -0.0564. The Morgan fingerprint density at radius 3 is 2.94 bits per heavy atom. The molecule has 0 saturated carbocycles. The van der Waals surface area contributed by atoms with Crippen LogP contribution in [0.15, 0.2) is 29.4 Å². The van der Waals surface area contributed by atoms with Crippen molar-refractivity contribution in [3.05, 3.63) is 29.3 Å². The van der Waals surface area contributed by atoms with Gasteiger partial charge < -0.3 is 4.74 Å². The van der Waals surface area contributed by atoms with E-state index in [0.29, 0.717) is 10.7 Å². The molecule has 0 aliphatic carbocycles. The van der Waals surface area contributed by atoms with Crippen molar-refractivity contribution in [1.82, 2.24) is 0 Å². The van der Waals surface area contributed by atoms with Crippen molar-refractivity contribution in [2.75, 3.05) is 12.1 Å². The molecule has 88 valence electrons. The molecular formula is C11H9ClN2O3. The lowest BCUT2D eigenvalue weighted by Crippen LogP contribution is -2.19. The van der Waals surface area contributed by atoms with E-state index in [0.717, 1.165) is 5.01 Å². The van der Waals surface area contributed by atoms with Gasteiger partial charge in [0.1, 0.15) is 0 Å². The van der Waals surface area contributed by atoms with Gasteiger partial charge in [-0.2, -0.15) is 10.1 Å². The van der Waals surface area contributed by atoms with Crippen molar-refractivity contribution in [2.24, 2.45) is 5.10 Å². The lowest BCUT2D eigenvalue weighted by atomic mass is 10.2. The zero-order valence-corrected chi connectivity index (χ0v) is 9.77. The van der Waals surface area contributed by atoms with E-state index in [2.05, 4.69) is 9.84 Å². The summed E-state index contributed by atoms with van der Waals surface area (Å²) in [5, 5.41) is 5.57. The van der Waals surface area contributed by atoms with Gasteiger partial charge in [0.15, 0.2) is 5.71 Å². The molecule has 0 aromatic heterocycles. The third-order valence-electron chi connectivity index (χ3n) is 2.25. The van der Waals surface area contributed by atoms with Crippen LogP contribution < -0.4 is 5.01 Å². The first-order valence-electron chi connectivity index (χ1n) is 4.86. The minimum atomic E-state index is -0.595. The number of hydrazone groups is 1. The number of methoxy groups -OCH3 is 1. The molecule has 5 nitrogen and oxygen atoms in total. The van der Waals surface area contributed by atoms with Crippen molar-refractivity contribution in [2.45, 2.75) is 6.42 Å². The smallest absolute Gasteiger partial charge is 0.354 e. The Morgan fingerprint density at radius 1 is 1.53 bits per heavy atom. The zero-order chi connectivity index (χ0) is 12.4. The molecule has 0 saturated heterocycles. The van der Waals surface area contributed by atoms with Gasteiger partial charge in [0, 0.05) is 5.02 Å². The predicted molar refractivity (Wildman–Crippen MR) is 63.0 cm³/mol. The SMILES string of the molecule is COC(=O)C1=NN(c2cccc(Cl)c2)C(=O)C1. The van der Waals surface area contributed by atoms with Crippen LogP contribution in [0.4, 0.5) is 5.69 Å². The van der Waals surface area contributed by atoms with Crippen LogP contribution in [0.25, 0.3) is 0 Å². The lowest BCUT2D eigenvalue weighted by molar-refractivity contribution is -0.133. The van der Waals surface area contributed by atoms with E-state index in [1.165, 1.54) is 7.11 Å². The van der Waals surface area contributed by atoms with E-state index in [9.17, 15) is 9.59 Å². The normalized spacial score (nSPS) is 14.8. The van der Waals surface area contributed by atoms with Crippen LogP contribution in [0.5, 0.6) is 0 Å². The van der Waals surface area contributed by atoms with Crippen LogP contribution in [0, 0.1) is 0 Å². The highest BCUT2D eigenvalue weighted by Crippen LogP contribution is 2.23. The first-order chi connectivity index (χ1) is 8.11. The Hall–Kier alpha value is -1.88. The number of ether oxygens (including phenoxy) is 1. The number of carbonyl (C=O) groups is 2. The van der Waals surface area contributed by atoms with Crippen molar-refractivity contribution < 1.29 is 14.3 Å². The van der Waals surface area contributed by atoms with Crippen molar-refractivity contribution in [1.29, 1.82) is 0 Å². The highest BCUT2D eigenvalue weighted by atomic mass is 35.5. The van der Waals surface area contributed by atoms with Gasteiger partial charge in [-0.15, -0.1) is 0 Å². The molecular weight excluding hydrogens is 244 g/mol. The molecule has 0 spiro atoms. The molecule has 0 radical (unpaired) electrons. The minimum absolute atomic E-state index is 0.0564. The second-order valence-electron chi connectivity index (χ2n) is 3.40. The Bertz CT molecular complexity index is 513. The van der Waals surface area contributed by atoms with E-state index in [4.69, 9.17) is 11.6 Å². The van der Waals surface area contributed by atoms with Crippen LogP contribution >= 0.6 is 11.6 Å². The number of amides is 1. The summed E-state index contributed by atoms with van der Waals surface area (Å²) >= 11 is 5.82. The van der Waals surface area contributed by atoms with E-state index < -0.39 is 5.97 Å². The molecule has 1 aliphatic rings. The summed E-state index contributed by atoms with van der Waals surface area (Å²) in [6, 6.07) is 6.68. The predicted octanol–water partition coefficient (Wildman–Crippen LogP) is 1.61. The summed E-state index contributed by atoms with van der Waals surface area (Å²) < 4.78 is 4.52. The van der Waals surface area contributed by atoms with Crippen molar-refractivity contribution in [3.63, 3.8) is 0 Å². The topological polar surface area (TPSA) is 59.0 Å². The number of carbonyl (C=O) groups excluding carboxylic acids is 2. The van der Waals surface area contributed by atoms with Gasteiger partial charge in [-0.05, 0) is 18.2 Å². The number of nitrogens with zero attached hydrogens (tertiary/aromatic N) is 2. The van der Waals surface area contributed by atoms with Crippen molar-refractivity contribution in [3.8, 4) is 0 Å². The largest absolute Gasteiger partial charge is 0.464 e. The fourth-order valence-corrected chi connectivity index (χ4v) is 1.65. The second kappa shape index (κ2) is 4.55. The number of anilines is 1. The van der Waals surface area contributed by atoms with Crippen LogP contribution in [-0.2, 0) is 14.3 Å². The highest BCUT2D eigenvalue weighted by molar-refractivity contribution is 6.42. The maximum absolute atomic E-state index is 11.7. The molecule has 0 N–H and O–H groups in total. The first-order valence-corrected chi connectivity index (χ1v) is 5.24. The fraction of sp³-hybridized carbons (Fsp3) is 0.182. The molecule has 1 aromatic carbocycles. The second-order valence-corrected chi connectivity index (χ2v) is 3.84. The maximum atomic E-state index is 11.7. The first kappa shape index (κ1) is 11.6. The van der Waals surface area contributed by atoms with E-state index in [1.807, 2.05) is 0 Å². The van der Waals surface area contributed by atoms with Gasteiger partial charge in [-0.1, -0.05) is 17.7 Å². The molecule has 0 fully saturated rings. The standard InChI is InChI=1S/C11H9ClN2O3/c1-17-11(16)9-6-10(15)14(13-9)8-4-2-3-7(12)5-8/h2-5H,6H2,1H3. The van der Waals surface area contributed by atoms with Gasteiger partial charge in [0.05, 0.1) is 19.2 Å². The Morgan fingerprint density at radius 2 is 2.29 bits per heavy atom. The Kier molecular flexibility index (Phi) is 3.10. The molecule has 1 amide bonds. The summed E-state index contributed by atoms with van der Waals surface area (Å²) in [6.45, 7) is 0. The third kappa shape index (κ3) is 2.29. The molecule has 0 unspecified atom stereocenters. The van der Waals surface area contributed by atoms with Gasteiger partial charge >= 0.3 is 5.97 Å². The molecule has 17 heavy (non-hydrogen) atoms.